The Morgan fingerprint density at radius 2 is 2.05 bits per heavy atom. The minimum absolute atomic E-state index is 0.763. The number of nitrogens with one attached hydrogen (secondary N) is 1. The third kappa shape index (κ3) is 4.81. The van der Waals surface area contributed by atoms with Crippen LogP contribution in [0.25, 0.3) is 0 Å². The van der Waals surface area contributed by atoms with E-state index in [1.54, 1.807) is 0 Å². The molecule has 0 aliphatic heterocycles. The number of rotatable bonds is 6. The molecule has 1 aliphatic rings. The van der Waals surface area contributed by atoms with E-state index < -0.39 is 0 Å². The third-order valence-corrected chi connectivity index (χ3v) is 4.60. The molecule has 19 heavy (non-hydrogen) atoms. The van der Waals surface area contributed by atoms with Gasteiger partial charge in [-0.2, -0.15) is 0 Å². The first-order valence-corrected chi connectivity index (χ1v) is 8.12. The third-order valence-electron chi connectivity index (χ3n) is 4.36. The van der Waals surface area contributed by atoms with Crippen molar-refractivity contribution >= 4 is 11.6 Å². The van der Waals surface area contributed by atoms with E-state index in [-0.39, 0.29) is 0 Å². The zero-order valence-electron chi connectivity index (χ0n) is 12.0. The van der Waals surface area contributed by atoms with Crippen LogP contribution in [0.3, 0.4) is 0 Å². The van der Waals surface area contributed by atoms with Crippen molar-refractivity contribution in [3.05, 3.63) is 34.9 Å². The van der Waals surface area contributed by atoms with E-state index in [0.29, 0.717) is 0 Å². The van der Waals surface area contributed by atoms with Crippen LogP contribution in [-0.4, -0.2) is 13.1 Å². The molecule has 0 radical (unpaired) electrons. The standard InChI is InChI=1S/C17H26ClN/c1-2-19-13-16(15-8-4-3-5-9-15)11-14-7-6-10-17(18)12-14/h6-7,10,12,15-16,19H,2-5,8-9,11,13H2,1H3. The lowest BCUT2D eigenvalue weighted by Crippen LogP contribution is -2.31. The van der Waals surface area contributed by atoms with Gasteiger partial charge in [0.1, 0.15) is 0 Å². The second kappa shape index (κ2) is 7.91. The maximum atomic E-state index is 6.10. The summed E-state index contributed by atoms with van der Waals surface area (Å²) >= 11 is 6.10. The summed E-state index contributed by atoms with van der Waals surface area (Å²) in [4.78, 5) is 0. The number of halogens is 1. The fourth-order valence-electron chi connectivity index (χ4n) is 3.31. The Hall–Kier alpha value is -0.530. The molecule has 1 saturated carbocycles. The Balaban J connectivity index is 1.99. The van der Waals surface area contributed by atoms with E-state index in [9.17, 15) is 0 Å². The second-order valence-corrected chi connectivity index (χ2v) is 6.24. The van der Waals surface area contributed by atoms with Gasteiger partial charge in [-0.1, -0.05) is 62.8 Å². The SMILES string of the molecule is CCNCC(Cc1cccc(Cl)c1)C1CCCCC1. The molecule has 2 rings (SSSR count). The minimum atomic E-state index is 0.763. The first kappa shape index (κ1) is 14.9. The average Bonchev–Trinajstić information content (AvgIpc) is 2.44. The maximum Gasteiger partial charge on any atom is 0.0408 e. The maximum absolute atomic E-state index is 6.10. The second-order valence-electron chi connectivity index (χ2n) is 5.80. The molecule has 1 aliphatic carbocycles. The summed E-state index contributed by atoms with van der Waals surface area (Å²) < 4.78 is 0. The van der Waals surface area contributed by atoms with Crippen molar-refractivity contribution in [1.29, 1.82) is 0 Å². The number of benzene rings is 1. The van der Waals surface area contributed by atoms with E-state index in [1.807, 2.05) is 6.07 Å². The molecule has 0 bridgehead atoms. The zero-order chi connectivity index (χ0) is 13.5. The first-order valence-electron chi connectivity index (χ1n) is 7.74. The highest BCUT2D eigenvalue weighted by Gasteiger charge is 2.23. The lowest BCUT2D eigenvalue weighted by molar-refractivity contribution is 0.240. The van der Waals surface area contributed by atoms with Gasteiger partial charge >= 0.3 is 0 Å². The molecule has 1 N–H and O–H groups in total. The molecule has 0 saturated heterocycles. The Morgan fingerprint density at radius 3 is 2.74 bits per heavy atom. The van der Waals surface area contributed by atoms with Gasteiger partial charge in [-0.3, -0.25) is 0 Å². The molecule has 1 aromatic carbocycles. The van der Waals surface area contributed by atoms with Crippen LogP contribution < -0.4 is 5.32 Å². The molecular formula is C17H26ClN. The molecule has 0 aromatic heterocycles. The van der Waals surface area contributed by atoms with Crippen molar-refractivity contribution in [3.8, 4) is 0 Å². The molecule has 1 fully saturated rings. The van der Waals surface area contributed by atoms with Gasteiger partial charge in [-0.25, -0.2) is 0 Å². The summed E-state index contributed by atoms with van der Waals surface area (Å²) in [5, 5.41) is 4.41. The largest absolute Gasteiger partial charge is 0.317 e. The Kier molecular flexibility index (Phi) is 6.19. The summed E-state index contributed by atoms with van der Waals surface area (Å²) in [5.41, 5.74) is 1.39. The van der Waals surface area contributed by atoms with Gasteiger partial charge in [-0.05, 0) is 49.0 Å². The van der Waals surface area contributed by atoms with Crippen molar-refractivity contribution in [2.24, 2.45) is 11.8 Å². The van der Waals surface area contributed by atoms with Gasteiger partial charge in [-0.15, -0.1) is 0 Å². The van der Waals surface area contributed by atoms with Crippen molar-refractivity contribution in [2.75, 3.05) is 13.1 Å². The van der Waals surface area contributed by atoms with Gasteiger partial charge in [0.15, 0.2) is 0 Å². The van der Waals surface area contributed by atoms with Crippen LogP contribution in [0.5, 0.6) is 0 Å². The van der Waals surface area contributed by atoms with Crippen LogP contribution in [0.2, 0.25) is 5.02 Å². The van der Waals surface area contributed by atoms with Crippen molar-refractivity contribution in [3.63, 3.8) is 0 Å². The number of hydrogen-bond donors (Lipinski definition) is 1. The van der Waals surface area contributed by atoms with Crippen molar-refractivity contribution in [1.82, 2.24) is 5.32 Å². The molecule has 0 spiro atoms. The molecule has 1 atom stereocenters. The monoisotopic (exact) mass is 279 g/mol. The van der Waals surface area contributed by atoms with E-state index >= 15 is 0 Å². The van der Waals surface area contributed by atoms with E-state index in [2.05, 4.69) is 30.4 Å². The normalized spacial score (nSPS) is 18.4. The smallest absolute Gasteiger partial charge is 0.0408 e. The summed E-state index contributed by atoms with van der Waals surface area (Å²) in [5.74, 6) is 1.66. The van der Waals surface area contributed by atoms with Crippen LogP contribution in [0.1, 0.15) is 44.6 Å². The predicted molar refractivity (Wildman–Crippen MR) is 83.8 cm³/mol. The highest BCUT2D eigenvalue weighted by Crippen LogP contribution is 2.32. The van der Waals surface area contributed by atoms with E-state index in [0.717, 1.165) is 36.4 Å². The topological polar surface area (TPSA) is 12.0 Å². The summed E-state index contributed by atoms with van der Waals surface area (Å²) in [6.45, 7) is 4.41. The highest BCUT2D eigenvalue weighted by molar-refractivity contribution is 6.30. The predicted octanol–water partition coefficient (Wildman–Crippen LogP) is 4.69. The Bertz CT molecular complexity index is 371. The first-order chi connectivity index (χ1) is 9.29. The van der Waals surface area contributed by atoms with E-state index in [4.69, 9.17) is 11.6 Å². The molecule has 106 valence electrons. The Morgan fingerprint density at radius 1 is 1.26 bits per heavy atom. The fourth-order valence-corrected chi connectivity index (χ4v) is 3.52. The molecule has 1 aromatic rings. The summed E-state index contributed by atoms with van der Waals surface area (Å²) in [7, 11) is 0. The summed E-state index contributed by atoms with van der Waals surface area (Å²) in [6.07, 6.45) is 8.26. The van der Waals surface area contributed by atoms with Crippen LogP contribution in [-0.2, 0) is 6.42 Å². The van der Waals surface area contributed by atoms with Gasteiger partial charge in [0.05, 0.1) is 0 Å². The average molecular weight is 280 g/mol. The Labute approximate surface area is 122 Å². The molecule has 1 nitrogen and oxygen atoms in total. The molecule has 0 amide bonds. The van der Waals surface area contributed by atoms with Crippen molar-refractivity contribution < 1.29 is 0 Å². The van der Waals surface area contributed by atoms with Crippen LogP contribution in [0.4, 0.5) is 0 Å². The minimum Gasteiger partial charge on any atom is -0.317 e. The van der Waals surface area contributed by atoms with Crippen LogP contribution >= 0.6 is 11.6 Å². The molecular weight excluding hydrogens is 254 g/mol. The molecule has 2 heteroatoms. The fraction of sp³-hybridized carbons (Fsp3) is 0.647. The molecule has 1 unspecified atom stereocenters. The summed E-state index contributed by atoms with van der Waals surface area (Å²) in [6, 6.07) is 8.38. The van der Waals surface area contributed by atoms with E-state index in [1.165, 1.54) is 37.7 Å². The van der Waals surface area contributed by atoms with Gasteiger partial charge in [0.25, 0.3) is 0 Å². The van der Waals surface area contributed by atoms with Gasteiger partial charge in [0, 0.05) is 5.02 Å². The quantitative estimate of drug-likeness (QED) is 0.797. The highest BCUT2D eigenvalue weighted by atomic mass is 35.5. The number of hydrogen-bond acceptors (Lipinski definition) is 1. The molecule has 0 heterocycles. The van der Waals surface area contributed by atoms with Crippen LogP contribution in [0.15, 0.2) is 24.3 Å². The lowest BCUT2D eigenvalue weighted by Gasteiger charge is -2.30. The van der Waals surface area contributed by atoms with Gasteiger partial charge in [0.2, 0.25) is 0 Å². The van der Waals surface area contributed by atoms with Crippen molar-refractivity contribution in [2.45, 2.75) is 45.4 Å². The van der Waals surface area contributed by atoms with Gasteiger partial charge < -0.3 is 5.32 Å². The van der Waals surface area contributed by atoms with Crippen LogP contribution in [0, 0.1) is 11.8 Å². The lowest BCUT2D eigenvalue weighted by atomic mass is 9.77. The zero-order valence-corrected chi connectivity index (χ0v) is 12.8.